The van der Waals surface area contributed by atoms with Crippen molar-refractivity contribution < 1.29 is 32.1 Å². The van der Waals surface area contributed by atoms with Crippen LogP contribution in [0.1, 0.15) is 46.5 Å². The molecule has 2 unspecified atom stereocenters. The van der Waals surface area contributed by atoms with Crippen molar-refractivity contribution in [2.75, 3.05) is 57.9 Å². The van der Waals surface area contributed by atoms with E-state index in [9.17, 15) is 5.11 Å². The first kappa shape index (κ1) is 35.0. The van der Waals surface area contributed by atoms with E-state index in [2.05, 4.69) is 25.8 Å². The summed E-state index contributed by atoms with van der Waals surface area (Å²) in [6.45, 7) is 9.26. The number of halogens is 5. The van der Waals surface area contributed by atoms with E-state index in [1.807, 2.05) is 9.80 Å². The van der Waals surface area contributed by atoms with E-state index in [4.69, 9.17) is 26.1 Å². The van der Waals surface area contributed by atoms with Gasteiger partial charge < -0.3 is 24.4 Å². The Morgan fingerprint density at radius 1 is 1.08 bits per heavy atom. The molecule has 1 N–H and O–H groups in total. The van der Waals surface area contributed by atoms with E-state index >= 15 is 17.6 Å². The van der Waals surface area contributed by atoms with Gasteiger partial charge in [0.1, 0.15) is 29.5 Å². The normalized spacial score (nSPS) is 24.9. The Labute approximate surface area is 294 Å². The highest BCUT2D eigenvalue weighted by atomic mass is 35.5. The number of likely N-dealkylation sites (tertiary alicyclic amines) is 1. The zero-order valence-corrected chi connectivity index (χ0v) is 29.6. The lowest BCUT2D eigenvalue weighted by Crippen LogP contribution is -2.36. The summed E-state index contributed by atoms with van der Waals surface area (Å²) in [5, 5.41) is 11.8. The van der Waals surface area contributed by atoms with Gasteiger partial charge in [-0.3, -0.25) is 0 Å². The second-order valence-electron chi connectivity index (χ2n) is 15.6. The maximum Gasteiger partial charge on any atom is 0.319 e. The molecule has 4 aromatic rings. The van der Waals surface area contributed by atoms with Crippen molar-refractivity contribution in [1.82, 2.24) is 14.9 Å². The quantitative estimate of drug-likeness (QED) is 0.174. The van der Waals surface area contributed by atoms with Crippen molar-refractivity contribution in [2.24, 2.45) is 22.7 Å². The molecule has 50 heavy (non-hydrogen) atoms. The van der Waals surface area contributed by atoms with Crippen molar-refractivity contribution in [3.63, 3.8) is 0 Å². The Balaban J connectivity index is 1.33. The molecule has 1 saturated carbocycles. The van der Waals surface area contributed by atoms with Gasteiger partial charge in [-0.05, 0) is 72.7 Å². The summed E-state index contributed by atoms with van der Waals surface area (Å²) in [5.74, 6) is -4.16. The number of benzene rings is 3. The zero-order valence-electron chi connectivity index (χ0n) is 28.8. The molecule has 2 saturated heterocycles. The summed E-state index contributed by atoms with van der Waals surface area (Å²) in [6, 6.07) is 8.69. The van der Waals surface area contributed by atoms with E-state index < -0.39 is 28.5 Å². The van der Waals surface area contributed by atoms with Gasteiger partial charge in [0.2, 0.25) is 0 Å². The summed E-state index contributed by atoms with van der Waals surface area (Å²) in [5.41, 5.74) is -2.14. The van der Waals surface area contributed by atoms with Crippen LogP contribution in [-0.4, -0.2) is 78.9 Å². The SMILES string of the molecule is COCC1CCN(C[C@@]2(COc3nc(N4CC(C)CCC(C)(C)C4)c4cc(F)c(-c5cc(O)cc6cccc(Cl)c56)c(F)c4n3)CC2(F)F)C1. The molecule has 12 heteroatoms. The standard InChI is InChI=1S/C38H43ClF4N4O3/c1-22-8-10-36(2,3)19-47(15-22)34-27-14-29(40)31(26-13-25(48)12-24-6-5-7-28(39)30(24)26)32(41)33(27)44-35(45-34)50-21-37(18-38(37,42)43)20-46-11-9-23(16-46)17-49-4/h5-7,12-14,22-23,48H,8-11,15-21H2,1-4H3/t22?,23?,37-/m1/s1. The third kappa shape index (κ3) is 6.57. The number of phenolic OH excluding ortho intramolecular Hbond substituents is 1. The molecular weight excluding hydrogens is 672 g/mol. The predicted molar refractivity (Wildman–Crippen MR) is 187 cm³/mol. The number of aromatic hydroxyl groups is 1. The van der Waals surface area contributed by atoms with Gasteiger partial charge in [0.15, 0.2) is 5.82 Å². The van der Waals surface area contributed by atoms with Gasteiger partial charge in [-0.25, -0.2) is 17.6 Å². The van der Waals surface area contributed by atoms with Crippen LogP contribution in [0.4, 0.5) is 23.4 Å². The lowest BCUT2D eigenvalue weighted by molar-refractivity contribution is 0.0243. The molecule has 3 fully saturated rings. The molecule has 3 heterocycles. The van der Waals surface area contributed by atoms with Gasteiger partial charge >= 0.3 is 6.01 Å². The number of anilines is 1. The zero-order chi connectivity index (χ0) is 35.6. The Morgan fingerprint density at radius 2 is 1.86 bits per heavy atom. The summed E-state index contributed by atoms with van der Waals surface area (Å²) in [7, 11) is 1.64. The molecule has 1 aromatic heterocycles. The molecule has 0 amide bonds. The van der Waals surface area contributed by atoms with E-state index in [0.29, 0.717) is 43.6 Å². The highest BCUT2D eigenvalue weighted by Crippen LogP contribution is 2.61. The lowest BCUT2D eigenvalue weighted by atomic mass is 9.87. The number of methoxy groups -OCH3 is 1. The van der Waals surface area contributed by atoms with Crippen molar-refractivity contribution in [2.45, 2.75) is 52.4 Å². The second kappa shape index (κ2) is 13.0. The van der Waals surface area contributed by atoms with Crippen LogP contribution < -0.4 is 9.64 Å². The van der Waals surface area contributed by atoms with Crippen molar-refractivity contribution in [3.05, 3.63) is 53.1 Å². The second-order valence-corrected chi connectivity index (χ2v) is 16.0. The Bertz CT molecular complexity index is 1940. The number of ether oxygens (including phenoxy) is 2. The Morgan fingerprint density at radius 3 is 2.60 bits per heavy atom. The van der Waals surface area contributed by atoms with Gasteiger partial charge in [-0.2, -0.15) is 9.97 Å². The van der Waals surface area contributed by atoms with Crippen molar-refractivity contribution in [3.8, 4) is 22.9 Å². The molecule has 3 aliphatic rings. The van der Waals surface area contributed by atoms with E-state index in [0.717, 1.165) is 19.3 Å². The first-order valence-electron chi connectivity index (χ1n) is 17.3. The topological polar surface area (TPSA) is 71.0 Å². The third-order valence-electron chi connectivity index (χ3n) is 10.8. The fourth-order valence-corrected chi connectivity index (χ4v) is 8.30. The van der Waals surface area contributed by atoms with Crippen LogP contribution >= 0.6 is 11.6 Å². The minimum atomic E-state index is -2.94. The summed E-state index contributed by atoms with van der Waals surface area (Å²) in [6.07, 6.45) is 2.46. The van der Waals surface area contributed by atoms with E-state index in [-0.39, 0.29) is 75.9 Å². The first-order chi connectivity index (χ1) is 23.7. The molecule has 268 valence electrons. The maximum absolute atomic E-state index is 17.0. The fraction of sp³-hybridized carbons (Fsp3) is 0.526. The third-order valence-corrected chi connectivity index (χ3v) is 11.1. The van der Waals surface area contributed by atoms with Crippen LogP contribution in [0.25, 0.3) is 32.8 Å². The lowest BCUT2D eigenvalue weighted by Gasteiger charge is -2.31. The van der Waals surface area contributed by atoms with Crippen LogP contribution in [-0.2, 0) is 4.74 Å². The highest BCUT2D eigenvalue weighted by molar-refractivity contribution is 6.36. The summed E-state index contributed by atoms with van der Waals surface area (Å²) < 4.78 is 74.8. The minimum Gasteiger partial charge on any atom is -0.508 e. The molecular formula is C38H43ClF4N4O3. The molecule has 3 atom stereocenters. The van der Waals surface area contributed by atoms with Crippen LogP contribution in [0.3, 0.4) is 0 Å². The molecule has 0 bridgehead atoms. The van der Waals surface area contributed by atoms with E-state index in [1.165, 1.54) is 18.2 Å². The average Bonchev–Trinajstić information content (AvgIpc) is 3.36. The molecule has 0 spiro atoms. The van der Waals surface area contributed by atoms with Gasteiger partial charge in [0, 0.05) is 61.1 Å². The summed E-state index contributed by atoms with van der Waals surface area (Å²) in [4.78, 5) is 13.2. The van der Waals surface area contributed by atoms with E-state index in [1.54, 1.807) is 25.3 Å². The number of phenols is 1. The van der Waals surface area contributed by atoms with Crippen LogP contribution in [0.15, 0.2) is 36.4 Å². The van der Waals surface area contributed by atoms with Crippen LogP contribution in [0.5, 0.6) is 11.8 Å². The number of fused-ring (bicyclic) bond motifs is 2. The number of hydrogen-bond donors (Lipinski definition) is 1. The Kier molecular flexibility index (Phi) is 9.08. The molecule has 0 radical (unpaired) electrons. The van der Waals surface area contributed by atoms with Crippen LogP contribution in [0, 0.1) is 34.3 Å². The van der Waals surface area contributed by atoms with Gasteiger partial charge in [0.05, 0.1) is 17.6 Å². The minimum absolute atomic E-state index is 0.0589. The molecule has 7 rings (SSSR count). The molecule has 7 nitrogen and oxygen atoms in total. The number of nitrogens with zero attached hydrogens (tertiary/aromatic N) is 4. The number of alkyl halides is 2. The highest BCUT2D eigenvalue weighted by Gasteiger charge is 2.72. The van der Waals surface area contributed by atoms with Crippen molar-refractivity contribution in [1.29, 1.82) is 0 Å². The number of aromatic nitrogens is 2. The fourth-order valence-electron chi connectivity index (χ4n) is 8.02. The first-order valence-corrected chi connectivity index (χ1v) is 17.7. The van der Waals surface area contributed by atoms with Gasteiger partial charge in [0.25, 0.3) is 5.92 Å². The number of hydrogen-bond acceptors (Lipinski definition) is 7. The average molecular weight is 715 g/mol. The molecule has 3 aromatic carbocycles. The number of rotatable bonds is 9. The molecule has 2 aliphatic heterocycles. The van der Waals surface area contributed by atoms with Crippen LogP contribution in [0.2, 0.25) is 5.02 Å². The van der Waals surface area contributed by atoms with Crippen molar-refractivity contribution >= 4 is 39.1 Å². The smallest absolute Gasteiger partial charge is 0.319 e. The summed E-state index contributed by atoms with van der Waals surface area (Å²) >= 11 is 6.54. The maximum atomic E-state index is 17.0. The van der Waals surface area contributed by atoms with Gasteiger partial charge in [-0.1, -0.05) is 44.5 Å². The largest absolute Gasteiger partial charge is 0.508 e. The Hall–Kier alpha value is -3.41. The van der Waals surface area contributed by atoms with Gasteiger partial charge in [-0.15, -0.1) is 0 Å². The monoisotopic (exact) mass is 714 g/mol. The predicted octanol–water partition coefficient (Wildman–Crippen LogP) is 8.72. The molecule has 1 aliphatic carbocycles.